The molecule has 0 atom stereocenters. The molecule has 8 nitrogen and oxygen atoms in total. The van der Waals surface area contributed by atoms with Gasteiger partial charge in [0.05, 0.1) is 16.9 Å². The standard InChI is InChI=1S/C26H20N2O6/c29-24(13-14-25(30)34-17-18-7-2-1-3-8-18)27-16-22(21-11-4-5-12-23(21)27)26(31)19-9-6-10-20(15-19)28(32)33/h1-12,15-16H,13-14,17H2. The Kier molecular flexibility index (Phi) is 6.59. The summed E-state index contributed by atoms with van der Waals surface area (Å²) in [6.07, 6.45) is 1.21. The zero-order valence-corrected chi connectivity index (χ0v) is 18.0. The van der Waals surface area contributed by atoms with Crippen LogP contribution in [0.1, 0.15) is 39.1 Å². The van der Waals surface area contributed by atoms with E-state index in [4.69, 9.17) is 4.74 Å². The maximum absolute atomic E-state index is 13.1. The molecule has 0 saturated carbocycles. The summed E-state index contributed by atoms with van der Waals surface area (Å²) in [5.74, 6) is -1.30. The van der Waals surface area contributed by atoms with Crippen LogP contribution in [-0.4, -0.2) is 27.2 Å². The predicted molar refractivity (Wildman–Crippen MR) is 125 cm³/mol. The Hall–Kier alpha value is -4.59. The molecule has 0 radical (unpaired) electrons. The van der Waals surface area contributed by atoms with Crippen molar-refractivity contribution in [2.75, 3.05) is 0 Å². The average molecular weight is 456 g/mol. The van der Waals surface area contributed by atoms with Gasteiger partial charge in [-0.3, -0.25) is 29.1 Å². The molecular weight excluding hydrogens is 436 g/mol. The van der Waals surface area contributed by atoms with Gasteiger partial charge < -0.3 is 4.74 Å². The lowest BCUT2D eigenvalue weighted by Gasteiger charge is -2.06. The first-order chi connectivity index (χ1) is 16.4. The number of esters is 1. The van der Waals surface area contributed by atoms with Crippen molar-refractivity contribution in [1.29, 1.82) is 0 Å². The molecule has 0 bridgehead atoms. The fraction of sp³-hybridized carbons (Fsp3) is 0.115. The number of non-ortho nitro benzene ring substituents is 1. The van der Waals surface area contributed by atoms with Crippen LogP contribution < -0.4 is 0 Å². The van der Waals surface area contributed by atoms with Crippen molar-refractivity contribution in [3.05, 3.63) is 112 Å². The van der Waals surface area contributed by atoms with Crippen molar-refractivity contribution < 1.29 is 24.0 Å². The lowest BCUT2D eigenvalue weighted by atomic mass is 10.0. The molecule has 1 aromatic heterocycles. The summed E-state index contributed by atoms with van der Waals surface area (Å²) in [6.45, 7) is 0.127. The number of nitro groups is 1. The van der Waals surface area contributed by atoms with Gasteiger partial charge >= 0.3 is 5.97 Å². The first-order valence-electron chi connectivity index (χ1n) is 10.6. The Bertz CT molecular complexity index is 1390. The fourth-order valence-electron chi connectivity index (χ4n) is 3.62. The second kappa shape index (κ2) is 9.91. The van der Waals surface area contributed by atoms with Gasteiger partial charge in [0.25, 0.3) is 5.69 Å². The van der Waals surface area contributed by atoms with Crippen LogP contribution in [0.25, 0.3) is 10.9 Å². The third-order valence-electron chi connectivity index (χ3n) is 5.33. The van der Waals surface area contributed by atoms with Gasteiger partial charge in [-0.25, -0.2) is 0 Å². The van der Waals surface area contributed by atoms with Crippen molar-refractivity contribution >= 4 is 34.3 Å². The Balaban J connectivity index is 1.51. The van der Waals surface area contributed by atoms with Gasteiger partial charge in [0, 0.05) is 41.3 Å². The van der Waals surface area contributed by atoms with E-state index in [0.717, 1.165) is 5.56 Å². The van der Waals surface area contributed by atoms with E-state index in [-0.39, 0.29) is 42.2 Å². The van der Waals surface area contributed by atoms with Gasteiger partial charge in [0.2, 0.25) is 5.91 Å². The topological polar surface area (TPSA) is 109 Å². The highest BCUT2D eigenvalue weighted by Gasteiger charge is 2.21. The Morgan fingerprint density at radius 3 is 2.38 bits per heavy atom. The summed E-state index contributed by atoms with van der Waals surface area (Å²) in [7, 11) is 0. The predicted octanol–water partition coefficient (Wildman–Crippen LogP) is 4.94. The highest BCUT2D eigenvalue weighted by molar-refractivity contribution is 6.17. The van der Waals surface area contributed by atoms with E-state index in [2.05, 4.69) is 0 Å². The minimum Gasteiger partial charge on any atom is -0.461 e. The summed E-state index contributed by atoms with van der Waals surface area (Å²) < 4.78 is 6.56. The Morgan fingerprint density at radius 1 is 0.882 bits per heavy atom. The van der Waals surface area contributed by atoms with Crippen LogP contribution in [0.5, 0.6) is 0 Å². The average Bonchev–Trinajstić information content (AvgIpc) is 3.26. The van der Waals surface area contributed by atoms with Crippen LogP contribution in [0.3, 0.4) is 0 Å². The van der Waals surface area contributed by atoms with Crippen LogP contribution in [0, 0.1) is 10.1 Å². The summed E-state index contributed by atoms with van der Waals surface area (Å²) >= 11 is 0. The summed E-state index contributed by atoms with van der Waals surface area (Å²) in [5, 5.41) is 11.6. The third kappa shape index (κ3) is 4.91. The molecule has 0 unspecified atom stereocenters. The van der Waals surface area contributed by atoms with Crippen molar-refractivity contribution in [1.82, 2.24) is 4.57 Å². The van der Waals surface area contributed by atoms with Crippen LogP contribution >= 0.6 is 0 Å². The molecule has 8 heteroatoms. The fourth-order valence-corrected chi connectivity index (χ4v) is 3.62. The second-order valence-electron chi connectivity index (χ2n) is 7.61. The highest BCUT2D eigenvalue weighted by Crippen LogP contribution is 2.25. The quantitative estimate of drug-likeness (QED) is 0.161. The number of aromatic nitrogens is 1. The zero-order chi connectivity index (χ0) is 24.1. The SMILES string of the molecule is O=C(CCC(=O)n1cc(C(=O)c2cccc([N+](=O)[O-])c2)c2ccccc21)OCc1ccccc1. The van der Waals surface area contributed by atoms with Crippen LogP contribution in [0.2, 0.25) is 0 Å². The molecule has 0 N–H and O–H groups in total. The first-order valence-corrected chi connectivity index (χ1v) is 10.6. The lowest BCUT2D eigenvalue weighted by Crippen LogP contribution is -2.13. The molecular formula is C26H20N2O6. The van der Waals surface area contributed by atoms with E-state index in [1.807, 2.05) is 30.3 Å². The molecule has 0 aliphatic heterocycles. The van der Waals surface area contributed by atoms with Gasteiger partial charge in [-0.2, -0.15) is 0 Å². The van der Waals surface area contributed by atoms with E-state index in [0.29, 0.717) is 10.9 Å². The molecule has 0 aliphatic carbocycles. The van der Waals surface area contributed by atoms with E-state index in [1.165, 1.54) is 35.0 Å². The van der Waals surface area contributed by atoms with Gasteiger partial charge in [-0.05, 0) is 11.6 Å². The number of hydrogen-bond donors (Lipinski definition) is 0. The van der Waals surface area contributed by atoms with Crippen molar-refractivity contribution in [3.8, 4) is 0 Å². The molecule has 1 heterocycles. The molecule has 0 spiro atoms. The van der Waals surface area contributed by atoms with E-state index < -0.39 is 16.7 Å². The maximum atomic E-state index is 13.1. The number of para-hydroxylation sites is 1. The molecule has 3 aromatic carbocycles. The molecule has 170 valence electrons. The zero-order valence-electron chi connectivity index (χ0n) is 18.0. The molecule has 34 heavy (non-hydrogen) atoms. The van der Waals surface area contributed by atoms with Crippen molar-refractivity contribution in [2.24, 2.45) is 0 Å². The number of nitrogens with zero attached hydrogens (tertiary/aromatic N) is 2. The number of nitro benzene ring substituents is 1. The highest BCUT2D eigenvalue weighted by atomic mass is 16.6. The second-order valence-corrected chi connectivity index (χ2v) is 7.61. The van der Waals surface area contributed by atoms with Crippen LogP contribution in [0.4, 0.5) is 5.69 Å². The number of rotatable bonds is 8. The van der Waals surface area contributed by atoms with Crippen molar-refractivity contribution in [3.63, 3.8) is 0 Å². The Morgan fingerprint density at radius 2 is 1.62 bits per heavy atom. The minimum atomic E-state index is -0.569. The third-order valence-corrected chi connectivity index (χ3v) is 5.33. The number of carbonyl (C=O) groups is 3. The first kappa shape index (κ1) is 22.6. The largest absolute Gasteiger partial charge is 0.461 e. The molecule has 0 aliphatic rings. The number of ketones is 1. The number of hydrogen-bond acceptors (Lipinski definition) is 6. The lowest BCUT2D eigenvalue weighted by molar-refractivity contribution is -0.384. The number of benzene rings is 3. The van der Waals surface area contributed by atoms with Gasteiger partial charge in [-0.15, -0.1) is 0 Å². The number of carbonyl (C=O) groups excluding carboxylic acids is 3. The van der Waals surface area contributed by atoms with E-state index >= 15 is 0 Å². The normalized spacial score (nSPS) is 10.7. The molecule has 0 saturated heterocycles. The number of ether oxygens (including phenoxy) is 1. The van der Waals surface area contributed by atoms with E-state index in [1.54, 1.807) is 24.3 Å². The summed E-state index contributed by atoms with van der Waals surface area (Å²) in [4.78, 5) is 48.7. The van der Waals surface area contributed by atoms with Gasteiger partial charge in [0.15, 0.2) is 5.78 Å². The molecule has 4 aromatic rings. The van der Waals surface area contributed by atoms with Gasteiger partial charge in [0.1, 0.15) is 6.61 Å². The number of fused-ring (bicyclic) bond motifs is 1. The monoisotopic (exact) mass is 456 g/mol. The van der Waals surface area contributed by atoms with Gasteiger partial charge in [-0.1, -0.05) is 60.7 Å². The Labute approximate surface area is 194 Å². The molecule has 0 fully saturated rings. The molecule has 4 rings (SSSR count). The van der Waals surface area contributed by atoms with Crippen LogP contribution in [0.15, 0.2) is 85.1 Å². The maximum Gasteiger partial charge on any atom is 0.306 e. The smallest absolute Gasteiger partial charge is 0.306 e. The molecule has 0 amide bonds. The van der Waals surface area contributed by atoms with Crippen LogP contribution in [-0.2, 0) is 16.1 Å². The summed E-state index contributed by atoms with van der Waals surface area (Å²) in [5.41, 5.74) is 1.56. The van der Waals surface area contributed by atoms with E-state index in [9.17, 15) is 24.5 Å². The summed E-state index contributed by atoms with van der Waals surface area (Å²) in [6, 6.07) is 21.6. The van der Waals surface area contributed by atoms with Crippen molar-refractivity contribution in [2.45, 2.75) is 19.4 Å². The minimum absolute atomic E-state index is 0.100.